The topological polar surface area (TPSA) is 35.5 Å². The zero-order valence-electron chi connectivity index (χ0n) is 17.7. The molecule has 0 atom stereocenters. The van der Waals surface area contributed by atoms with Crippen molar-refractivity contribution in [3.05, 3.63) is 23.8 Å². The summed E-state index contributed by atoms with van der Waals surface area (Å²) in [6, 6.07) is 2.60. The highest BCUT2D eigenvalue weighted by Gasteiger charge is 2.33. The molecule has 0 saturated heterocycles. The molecule has 0 heterocycles. The number of carbonyl (C=O) groups is 1. The number of carbonyl (C=O) groups excluding carboxylic acids is 1. The van der Waals surface area contributed by atoms with E-state index in [9.17, 15) is 13.6 Å². The molecule has 162 valence electrons. The maximum Gasteiger partial charge on any atom is 0.314 e. The number of hydrogen-bond acceptors (Lipinski definition) is 3. The minimum Gasteiger partial charge on any atom is -0.490 e. The number of rotatable bonds is 7. The molecule has 0 bridgehead atoms. The van der Waals surface area contributed by atoms with E-state index in [-0.39, 0.29) is 17.4 Å². The molecular formula is C24H34F2O3. The van der Waals surface area contributed by atoms with Crippen molar-refractivity contribution in [1.29, 1.82) is 0 Å². The third-order valence-corrected chi connectivity index (χ3v) is 6.92. The van der Waals surface area contributed by atoms with Gasteiger partial charge in [0.1, 0.15) is 0 Å². The van der Waals surface area contributed by atoms with Crippen LogP contribution in [0.2, 0.25) is 0 Å². The Kier molecular flexibility index (Phi) is 7.91. The van der Waals surface area contributed by atoms with Crippen molar-refractivity contribution in [2.24, 2.45) is 23.7 Å². The predicted molar refractivity (Wildman–Crippen MR) is 109 cm³/mol. The van der Waals surface area contributed by atoms with Gasteiger partial charge >= 0.3 is 5.97 Å². The summed E-state index contributed by atoms with van der Waals surface area (Å²) in [6.45, 7) is 4.47. The van der Waals surface area contributed by atoms with Crippen LogP contribution in [-0.2, 0) is 4.79 Å². The molecule has 0 radical (unpaired) electrons. The summed E-state index contributed by atoms with van der Waals surface area (Å²) in [4.78, 5) is 12.5. The summed E-state index contributed by atoms with van der Waals surface area (Å²) < 4.78 is 38.7. The fourth-order valence-corrected chi connectivity index (χ4v) is 5.00. The van der Waals surface area contributed by atoms with Gasteiger partial charge in [0, 0.05) is 0 Å². The molecular weight excluding hydrogens is 374 g/mol. The van der Waals surface area contributed by atoms with Gasteiger partial charge in [0.2, 0.25) is 11.6 Å². The van der Waals surface area contributed by atoms with Crippen LogP contribution in [0.3, 0.4) is 0 Å². The molecule has 0 spiro atoms. The molecule has 2 aliphatic carbocycles. The van der Waals surface area contributed by atoms with E-state index in [4.69, 9.17) is 9.47 Å². The highest BCUT2D eigenvalue weighted by molar-refractivity contribution is 5.75. The summed E-state index contributed by atoms with van der Waals surface area (Å²) in [5.41, 5.74) is 0. The SMILES string of the molecule is CCCOc1ccc(OC(=O)C2CCC(C3CCC(CC)CC3)CC2)c(F)c1F. The highest BCUT2D eigenvalue weighted by atomic mass is 19.2. The quantitative estimate of drug-likeness (QED) is 0.373. The lowest BCUT2D eigenvalue weighted by Crippen LogP contribution is -2.30. The zero-order chi connectivity index (χ0) is 20.8. The third kappa shape index (κ3) is 5.49. The Labute approximate surface area is 173 Å². The predicted octanol–water partition coefficient (Wildman–Crippen LogP) is 6.68. The average Bonchev–Trinajstić information content (AvgIpc) is 2.76. The van der Waals surface area contributed by atoms with E-state index < -0.39 is 17.6 Å². The van der Waals surface area contributed by atoms with Gasteiger partial charge in [-0.2, -0.15) is 8.78 Å². The molecule has 1 aromatic carbocycles. The monoisotopic (exact) mass is 408 g/mol. The molecule has 2 aliphatic rings. The van der Waals surface area contributed by atoms with Gasteiger partial charge in [0.05, 0.1) is 12.5 Å². The van der Waals surface area contributed by atoms with Gasteiger partial charge in [-0.25, -0.2) is 0 Å². The molecule has 5 heteroatoms. The van der Waals surface area contributed by atoms with Gasteiger partial charge in [-0.3, -0.25) is 4.79 Å². The molecule has 0 aromatic heterocycles. The lowest BCUT2D eigenvalue weighted by molar-refractivity contribution is -0.140. The summed E-state index contributed by atoms with van der Waals surface area (Å²) in [6.07, 6.45) is 10.9. The zero-order valence-corrected chi connectivity index (χ0v) is 17.7. The van der Waals surface area contributed by atoms with Crippen molar-refractivity contribution < 1.29 is 23.0 Å². The van der Waals surface area contributed by atoms with Gasteiger partial charge in [-0.05, 0) is 74.8 Å². The minimum absolute atomic E-state index is 0.151. The molecule has 29 heavy (non-hydrogen) atoms. The number of esters is 1. The maximum absolute atomic E-state index is 14.3. The van der Waals surface area contributed by atoms with Crippen molar-refractivity contribution >= 4 is 5.97 Å². The first-order valence-electron chi connectivity index (χ1n) is 11.4. The number of ether oxygens (including phenoxy) is 2. The lowest BCUT2D eigenvalue weighted by atomic mass is 9.69. The van der Waals surface area contributed by atoms with Gasteiger partial charge in [-0.15, -0.1) is 0 Å². The number of benzene rings is 1. The minimum atomic E-state index is -1.16. The molecule has 0 N–H and O–H groups in total. The van der Waals surface area contributed by atoms with Crippen LogP contribution in [0.15, 0.2) is 12.1 Å². The molecule has 3 nitrogen and oxygen atoms in total. The Bertz CT molecular complexity index is 675. The Morgan fingerprint density at radius 2 is 1.45 bits per heavy atom. The van der Waals surface area contributed by atoms with Crippen molar-refractivity contribution in [1.82, 2.24) is 0 Å². The number of halogens is 2. The second-order valence-electron chi connectivity index (χ2n) is 8.76. The Hall–Kier alpha value is -1.65. The molecule has 0 aliphatic heterocycles. The summed E-state index contributed by atoms with van der Waals surface area (Å²) in [7, 11) is 0. The third-order valence-electron chi connectivity index (χ3n) is 6.92. The van der Waals surface area contributed by atoms with Crippen LogP contribution in [0.25, 0.3) is 0 Å². The normalized spacial score (nSPS) is 27.4. The van der Waals surface area contributed by atoms with Crippen LogP contribution in [0.5, 0.6) is 11.5 Å². The first-order chi connectivity index (χ1) is 14.0. The van der Waals surface area contributed by atoms with E-state index >= 15 is 0 Å². The van der Waals surface area contributed by atoms with E-state index in [2.05, 4.69) is 6.92 Å². The molecule has 2 fully saturated rings. The fraction of sp³-hybridized carbons (Fsp3) is 0.708. The second kappa shape index (κ2) is 10.4. The van der Waals surface area contributed by atoms with E-state index in [0.717, 1.165) is 37.5 Å². The highest BCUT2D eigenvalue weighted by Crippen LogP contribution is 2.42. The summed E-state index contributed by atoms with van der Waals surface area (Å²) in [5, 5.41) is 0. The molecule has 0 unspecified atom stereocenters. The first-order valence-corrected chi connectivity index (χ1v) is 11.4. The van der Waals surface area contributed by atoms with Crippen molar-refractivity contribution in [3.63, 3.8) is 0 Å². The first kappa shape index (κ1) is 22.0. The van der Waals surface area contributed by atoms with Crippen molar-refractivity contribution in [2.45, 2.75) is 78.1 Å². The van der Waals surface area contributed by atoms with Gasteiger partial charge in [-0.1, -0.05) is 33.1 Å². The Balaban J connectivity index is 1.50. The summed E-state index contributed by atoms with van der Waals surface area (Å²) in [5.74, 6) is -1.05. The van der Waals surface area contributed by atoms with Gasteiger partial charge < -0.3 is 9.47 Å². The van der Waals surface area contributed by atoms with Crippen molar-refractivity contribution in [3.8, 4) is 11.5 Å². The van der Waals surface area contributed by atoms with Crippen molar-refractivity contribution in [2.75, 3.05) is 6.61 Å². The Morgan fingerprint density at radius 1 is 0.897 bits per heavy atom. The maximum atomic E-state index is 14.3. The van der Waals surface area contributed by atoms with Crippen LogP contribution in [0.1, 0.15) is 78.1 Å². The summed E-state index contributed by atoms with van der Waals surface area (Å²) >= 11 is 0. The second-order valence-corrected chi connectivity index (χ2v) is 8.76. The standard InChI is InChI=1S/C24H34F2O3/c1-3-15-28-20-13-14-21(23(26)22(20)25)29-24(27)19-11-9-18(10-12-19)17-7-5-16(4-2)6-8-17/h13-14,16-19H,3-12,15H2,1-2H3. The average molecular weight is 409 g/mol. The van der Waals surface area contributed by atoms with Gasteiger partial charge in [0.25, 0.3) is 0 Å². The Morgan fingerprint density at radius 3 is 2.03 bits per heavy atom. The van der Waals surface area contributed by atoms with E-state index in [1.807, 2.05) is 6.92 Å². The van der Waals surface area contributed by atoms with Crippen LogP contribution < -0.4 is 9.47 Å². The largest absolute Gasteiger partial charge is 0.490 e. The molecule has 3 rings (SSSR count). The van der Waals surface area contributed by atoms with Crippen LogP contribution in [0, 0.1) is 35.3 Å². The van der Waals surface area contributed by atoms with Crippen LogP contribution in [-0.4, -0.2) is 12.6 Å². The van der Waals surface area contributed by atoms with E-state index in [1.165, 1.54) is 44.2 Å². The van der Waals surface area contributed by atoms with E-state index in [0.29, 0.717) is 18.9 Å². The molecule has 0 amide bonds. The van der Waals surface area contributed by atoms with Crippen LogP contribution >= 0.6 is 0 Å². The van der Waals surface area contributed by atoms with E-state index in [1.54, 1.807) is 0 Å². The molecule has 2 saturated carbocycles. The molecule has 1 aromatic rings. The van der Waals surface area contributed by atoms with Crippen LogP contribution in [0.4, 0.5) is 8.78 Å². The fourth-order valence-electron chi connectivity index (χ4n) is 5.00. The van der Waals surface area contributed by atoms with Gasteiger partial charge in [0.15, 0.2) is 11.5 Å². The smallest absolute Gasteiger partial charge is 0.314 e. The lowest BCUT2D eigenvalue weighted by Gasteiger charge is -2.37. The number of hydrogen-bond donors (Lipinski definition) is 0.